The molecular formula is C5H7N5O. The maximum atomic E-state index is 9.01. The number of H-pyrrole nitrogens is 1. The number of imidazole rings is 1. The monoisotopic (exact) mass is 153 g/mol. The number of aromatic nitrogens is 2. The van der Waals surface area contributed by atoms with Crippen molar-refractivity contribution in [1.82, 2.24) is 9.97 Å². The Kier molecular flexibility index (Phi) is 1.10. The third kappa shape index (κ3) is 0.838. The van der Waals surface area contributed by atoms with Crippen molar-refractivity contribution in [2.75, 3.05) is 5.32 Å². The third-order valence-corrected chi connectivity index (χ3v) is 1.42. The Morgan fingerprint density at radius 1 is 1.64 bits per heavy atom. The van der Waals surface area contributed by atoms with E-state index in [2.05, 4.69) is 20.3 Å². The lowest BCUT2D eigenvalue weighted by Crippen LogP contribution is -2.29. The molecule has 5 N–H and O–H groups in total. The van der Waals surface area contributed by atoms with E-state index >= 15 is 0 Å². The highest BCUT2D eigenvalue weighted by molar-refractivity contribution is 6.01. The molecule has 0 radical (unpaired) electrons. The molecule has 1 aliphatic heterocycles. The molecule has 0 bridgehead atoms. The van der Waals surface area contributed by atoms with E-state index in [9.17, 15) is 0 Å². The summed E-state index contributed by atoms with van der Waals surface area (Å²) in [5, 5.41) is 11.6. The highest BCUT2D eigenvalue weighted by Crippen LogP contribution is 2.14. The fourth-order valence-electron chi connectivity index (χ4n) is 0.950. The molecule has 0 fully saturated rings. The molecule has 1 aromatic heterocycles. The van der Waals surface area contributed by atoms with Gasteiger partial charge in [0.2, 0.25) is 6.35 Å². The first-order chi connectivity index (χ1) is 5.27. The van der Waals surface area contributed by atoms with E-state index in [1.807, 2.05) is 0 Å². The summed E-state index contributed by atoms with van der Waals surface area (Å²) in [6.07, 6.45) is 0.503. The van der Waals surface area contributed by atoms with E-state index in [1.165, 1.54) is 6.33 Å². The zero-order valence-electron chi connectivity index (χ0n) is 5.57. The van der Waals surface area contributed by atoms with Gasteiger partial charge >= 0.3 is 0 Å². The molecule has 1 aromatic rings. The van der Waals surface area contributed by atoms with Crippen LogP contribution in [0.2, 0.25) is 0 Å². The zero-order chi connectivity index (χ0) is 7.84. The molecular weight excluding hydrogens is 146 g/mol. The third-order valence-electron chi connectivity index (χ3n) is 1.42. The normalized spacial score (nSPS) is 21.9. The average molecular weight is 153 g/mol. The Balaban J connectivity index is 2.50. The van der Waals surface area contributed by atoms with Gasteiger partial charge < -0.3 is 21.1 Å². The van der Waals surface area contributed by atoms with Gasteiger partial charge in [0.1, 0.15) is 5.69 Å². The summed E-state index contributed by atoms with van der Waals surface area (Å²) in [4.78, 5) is 10.3. The first-order valence-electron chi connectivity index (χ1n) is 3.09. The van der Waals surface area contributed by atoms with Gasteiger partial charge in [-0.05, 0) is 0 Å². The number of hydrogen-bond acceptors (Lipinski definition) is 5. The second-order valence-electron chi connectivity index (χ2n) is 2.16. The standard InChI is InChI=1S/C5H7N5O/c6-3-2-4(8-1-7-2)10-5(11)9-3/h1,5,10-11H,(H2,6,9)(H,7,8). The fraction of sp³-hybridized carbons (Fsp3) is 0.200. The van der Waals surface area contributed by atoms with Gasteiger partial charge in [0.05, 0.1) is 6.33 Å². The average Bonchev–Trinajstić information content (AvgIpc) is 2.34. The summed E-state index contributed by atoms with van der Waals surface area (Å²) >= 11 is 0. The van der Waals surface area contributed by atoms with E-state index in [0.29, 0.717) is 11.5 Å². The van der Waals surface area contributed by atoms with Crippen molar-refractivity contribution in [2.24, 2.45) is 10.7 Å². The molecule has 0 spiro atoms. The minimum atomic E-state index is -0.981. The van der Waals surface area contributed by atoms with Crippen molar-refractivity contribution < 1.29 is 5.11 Å². The second-order valence-corrected chi connectivity index (χ2v) is 2.16. The van der Waals surface area contributed by atoms with Crippen molar-refractivity contribution >= 4 is 11.7 Å². The van der Waals surface area contributed by atoms with Crippen LogP contribution < -0.4 is 11.1 Å². The van der Waals surface area contributed by atoms with Crippen LogP contribution >= 0.6 is 0 Å². The Labute approximate surface area is 62.2 Å². The number of aliphatic hydroxyl groups excluding tert-OH is 1. The lowest BCUT2D eigenvalue weighted by atomic mass is 10.3. The largest absolute Gasteiger partial charge is 0.382 e. The van der Waals surface area contributed by atoms with Crippen LogP contribution in [0.1, 0.15) is 5.69 Å². The van der Waals surface area contributed by atoms with Crippen LogP contribution in [0.4, 0.5) is 5.82 Å². The van der Waals surface area contributed by atoms with Crippen molar-refractivity contribution in [1.29, 1.82) is 0 Å². The summed E-state index contributed by atoms with van der Waals surface area (Å²) in [7, 11) is 0. The highest BCUT2D eigenvalue weighted by Gasteiger charge is 2.17. The Hall–Kier alpha value is -1.56. The lowest BCUT2D eigenvalue weighted by molar-refractivity contribution is 0.212. The van der Waals surface area contributed by atoms with E-state index in [0.717, 1.165) is 0 Å². The molecule has 0 amide bonds. The number of aliphatic hydroxyl groups is 1. The van der Waals surface area contributed by atoms with E-state index < -0.39 is 6.35 Å². The first-order valence-corrected chi connectivity index (χ1v) is 3.09. The van der Waals surface area contributed by atoms with Crippen LogP contribution in [0.3, 0.4) is 0 Å². The van der Waals surface area contributed by atoms with Crippen molar-refractivity contribution in [2.45, 2.75) is 6.35 Å². The molecule has 1 aliphatic rings. The number of fused-ring (bicyclic) bond motifs is 1. The highest BCUT2D eigenvalue weighted by atomic mass is 16.3. The number of nitrogens with two attached hydrogens (primary N) is 1. The molecule has 1 unspecified atom stereocenters. The van der Waals surface area contributed by atoms with E-state index in [1.54, 1.807) is 0 Å². The Bertz CT molecular complexity index is 304. The second kappa shape index (κ2) is 1.96. The molecule has 0 aliphatic carbocycles. The number of anilines is 1. The van der Waals surface area contributed by atoms with Crippen LogP contribution in [-0.4, -0.2) is 27.3 Å². The van der Waals surface area contributed by atoms with E-state index in [-0.39, 0.29) is 5.84 Å². The molecule has 0 saturated heterocycles. The summed E-state index contributed by atoms with van der Waals surface area (Å²) in [5.74, 6) is 0.800. The molecule has 0 saturated carbocycles. The summed E-state index contributed by atoms with van der Waals surface area (Å²) in [5.41, 5.74) is 6.08. The van der Waals surface area contributed by atoms with Crippen molar-refractivity contribution in [3.05, 3.63) is 12.0 Å². The number of aliphatic imine (C=N–C) groups is 1. The molecule has 6 nitrogen and oxygen atoms in total. The van der Waals surface area contributed by atoms with Crippen molar-refractivity contribution in [3.8, 4) is 0 Å². The van der Waals surface area contributed by atoms with Gasteiger partial charge in [-0.3, -0.25) is 0 Å². The maximum Gasteiger partial charge on any atom is 0.226 e. The van der Waals surface area contributed by atoms with Gasteiger partial charge in [-0.25, -0.2) is 9.98 Å². The molecule has 2 heterocycles. The van der Waals surface area contributed by atoms with Gasteiger partial charge in [0.25, 0.3) is 0 Å². The Morgan fingerprint density at radius 3 is 3.27 bits per heavy atom. The van der Waals surface area contributed by atoms with Crippen LogP contribution in [-0.2, 0) is 0 Å². The molecule has 6 heteroatoms. The maximum absolute atomic E-state index is 9.01. The number of aromatic amines is 1. The van der Waals surface area contributed by atoms with Crippen LogP contribution in [0.5, 0.6) is 0 Å². The van der Waals surface area contributed by atoms with Crippen LogP contribution in [0.25, 0.3) is 0 Å². The Morgan fingerprint density at radius 2 is 2.45 bits per heavy atom. The van der Waals surface area contributed by atoms with Gasteiger partial charge in [0, 0.05) is 0 Å². The van der Waals surface area contributed by atoms with Crippen LogP contribution in [0.15, 0.2) is 11.3 Å². The number of amidine groups is 1. The number of nitrogens with one attached hydrogen (secondary N) is 2. The number of nitrogens with zero attached hydrogens (tertiary/aromatic N) is 2. The van der Waals surface area contributed by atoms with Crippen LogP contribution in [0, 0.1) is 0 Å². The molecule has 2 rings (SSSR count). The van der Waals surface area contributed by atoms with Gasteiger partial charge in [-0.15, -0.1) is 0 Å². The molecule has 1 atom stereocenters. The summed E-state index contributed by atoms with van der Waals surface area (Å²) in [6, 6.07) is 0. The smallest absolute Gasteiger partial charge is 0.226 e. The predicted molar refractivity (Wildman–Crippen MR) is 38.9 cm³/mol. The quantitative estimate of drug-likeness (QED) is 0.377. The van der Waals surface area contributed by atoms with E-state index in [4.69, 9.17) is 10.8 Å². The SMILES string of the molecule is NC1=NC(O)Nc2nc[nH]c21. The van der Waals surface area contributed by atoms with Crippen molar-refractivity contribution in [3.63, 3.8) is 0 Å². The lowest BCUT2D eigenvalue weighted by Gasteiger charge is -2.14. The minimum Gasteiger partial charge on any atom is -0.382 e. The first kappa shape index (κ1) is 6.17. The molecule has 58 valence electrons. The number of rotatable bonds is 0. The van der Waals surface area contributed by atoms with Gasteiger partial charge in [-0.1, -0.05) is 0 Å². The minimum absolute atomic E-state index is 0.267. The van der Waals surface area contributed by atoms with Gasteiger partial charge in [0.15, 0.2) is 11.7 Å². The predicted octanol–water partition coefficient (Wildman–Crippen LogP) is -1.18. The van der Waals surface area contributed by atoms with Gasteiger partial charge in [-0.2, -0.15) is 0 Å². The fourth-order valence-corrected chi connectivity index (χ4v) is 0.950. The zero-order valence-corrected chi connectivity index (χ0v) is 5.57. The number of hydrogen-bond donors (Lipinski definition) is 4. The summed E-state index contributed by atoms with van der Waals surface area (Å²) < 4.78 is 0. The summed E-state index contributed by atoms with van der Waals surface area (Å²) in [6.45, 7) is 0. The molecule has 0 aromatic carbocycles. The topological polar surface area (TPSA) is 99.3 Å². The molecule has 11 heavy (non-hydrogen) atoms.